The minimum absolute atomic E-state index is 0.931. The molecule has 0 saturated heterocycles. The summed E-state index contributed by atoms with van der Waals surface area (Å²) in [7, 11) is 0. The van der Waals surface area contributed by atoms with Crippen LogP contribution in [0.4, 0.5) is 5.69 Å². The number of rotatable bonds is 1. The van der Waals surface area contributed by atoms with E-state index < -0.39 is 0 Å². The fourth-order valence-corrected chi connectivity index (χ4v) is 1.69. The summed E-state index contributed by atoms with van der Waals surface area (Å²) in [6.07, 6.45) is 5.67. The van der Waals surface area contributed by atoms with Crippen LogP contribution in [0.25, 0.3) is 0 Å². The first-order chi connectivity index (χ1) is 8.88. The van der Waals surface area contributed by atoms with E-state index >= 15 is 0 Å². The van der Waals surface area contributed by atoms with Gasteiger partial charge in [-0.25, -0.2) is 5.43 Å². The third kappa shape index (κ3) is 3.43. The molecule has 0 bridgehead atoms. The van der Waals surface area contributed by atoms with Crippen LogP contribution < -0.4 is 10.4 Å². The van der Waals surface area contributed by atoms with Crippen molar-refractivity contribution in [2.24, 2.45) is 0 Å². The van der Waals surface area contributed by atoms with E-state index in [9.17, 15) is 0 Å². The third-order valence-electron chi connectivity index (χ3n) is 2.58. The highest BCUT2D eigenvalue weighted by Crippen LogP contribution is 2.18. The smallest absolute Gasteiger partial charge is 0.0573 e. The first-order valence-corrected chi connectivity index (χ1v) is 5.98. The maximum absolute atomic E-state index is 3.78. The van der Waals surface area contributed by atoms with Crippen LogP contribution in [0.3, 0.4) is 0 Å². The van der Waals surface area contributed by atoms with Crippen LogP contribution in [-0.4, -0.2) is 11.5 Å². The van der Waals surface area contributed by atoms with Gasteiger partial charge in [0.1, 0.15) is 0 Å². The Morgan fingerprint density at radius 2 is 1.67 bits per heavy atom. The van der Waals surface area contributed by atoms with Crippen molar-refractivity contribution in [3.63, 3.8) is 0 Å². The van der Waals surface area contributed by atoms with Crippen LogP contribution in [0, 0.1) is 0 Å². The Kier molecular flexibility index (Phi) is 4.50. The zero-order chi connectivity index (χ0) is 12.6. The predicted molar refractivity (Wildman–Crippen MR) is 74.9 cm³/mol. The number of hydrogen-bond donors (Lipinski definition) is 1. The Balaban J connectivity index is 0.000000169. The first kappa shape index (κ1) is 12.3. The topological polar surface area (TPSA) is 28.2 Å². The lowest BCUT2D eigenvalue weighted by Crippen LogP contribution is -2.30. The van der Waals surface area contributed by atoms with E-state index in [0.29, 0.717) is 0 Å². The van der Waals surface area contributed by atoms with Gasteiger partial charge in [-0.2, -0.15) is 0 Å². The average molecular weight is 239 g/mol. The van der Waals surface area contributed by atoms with Gasteiger partial charge >= 0.3 is 0 Å². The van der Waals surface area contributed by atoms with Crippen LogP contribution in [0.15, 0.2) is 72.7 Å². The standard InChI is InChI=1S/C10H12N2.C5H5N/c1-9-7-8-11-12(9)10-5-3-2-4-6-10;1-2-4-6-5-3-1/h2-7,11H,8H2,1H3;1-5H. The maximum Gasteiger partial charge on any atom is 0.0573 e. The van der Waals surface area contributed by atoms with E-state index in [-0.39, 0.29) is 0 Å². The van der Waals surface area contributed by atoms with E-state index in [0.717, 1.165) is 6.54 Å². The van der Waals surface area contributed by atoms with Crippen molar-refractivity contribution < 1.29 is 0 Å². The van der Waals surface area contributed by atoms with Gasteiger partial charge in [0, 0.05) is 24.6 Å². The second-order valence-corrected chi connectivity index (χ2v) is 3.90. The number of nitrogens with one attached hydrogen (secondary N) is 1. The lowest BCUT2D eigenvalue weighted by molar-refractivity contribution is 0.792. The van der Waals surface area contributed by atoms with Gasteiger partial charge in [0.25, 0.3) is 0 Å². The number of anilines is 1. The van der Waals surface area contributed by atoms with Crippen LogP contribution >= 0.6 is 0 Å². The Hall–Kier alpha value is -2.13. The van der Waals surface area contributed by atoms with Crippen molar-refractivity contribution in [2.75, 3.05) is 11.6 Å². The Morgan fingerprint density at radius 1 is 1.00 bits per heavy atom. The summed E-state index contributed by atoms with van der Waals surface area (Å²) in [5.41, 5.74) is 5.73. The molecule has 3 rings (SSSR count). The largest absolute Gasteiger partial charge is 0.281 e. The predicted octanol–water partition coefficient (Wildman–Crippen LogP) is 3.00. The number of allylic oxidation sites excluding steroid dienone is 1. The number of pyridine rings is 1. The van der Waals surface area contributed by atoms with Crippen LogP contribution in [0.2, 0.25) is 0 Å². The van der Waals surface area contributed by atoms with E-state index in [1.807, 2.05) is 36.4 Å². The molecule has 1 aromatic carbocycles. The molecule has 0 atom stereocenters. The second-order valence-electron chi connectivity index (χ2n) is 3.90. The SMILES string of the molecule is CC1=CCNN1c1ccccc1.c1ccncc1. The van der Waals surface area contributed by atoms with Crippen LogP contribution in [0.1, 0.15) is 6.92 Å². The molecule has 0 unspecified atom stereocenters. The minimum Gasteiger partial charge on any atom is -0.281 e. The van der Waals surface area contributed by atoms with Gasteiger partial charge in [-0.15, -0.1) is 0 Å². The molecule has 2 aromatic rings. The molecule has 3 nitrogen and oxygen atoms in total. The van der Waals surface area contributed by atoms with Gasteiger partial charge in [0.15, 0.2) is 0 Å². The molecule has 1 N–H and O–H groups in total. The molecule has 1 aliphatic rings. The molecule has 1 aliphatic heterocycles. The molecular weight excluding hydrogens is 222 g/mol. The minimum atomic E-state index is 0.931. The molecule has 0 spiro atoms. The highest BCUT2D eigenvalue weighted by molar-refractivity contribution is 5.51. The Bertz CT molecular complexity index is 453. The fourth-order valence-electron chi connectivity index (χ4n) is 1.69. The van der Waals surface area contributed by atoms with E-state index in [1.54, 1.807) is 12.4 Å². The zero-order valence-corrected chi connectivity index (χ0v) is 10.5. The van der Waals surface area contributed by atoms with Gasteiger partial charge < -0.3 is 0 Å². The molecule has 92 valence electrons. The molecular formula is C15H17N3. The highest BCUT2D eigenvalue weighted by Gasteiger charge is 2.10. The number of para-hydroxylation sites is 1. The number of aromatic nitrogens is 1. The van der Waals surface area contributed by atoms with Crippen LogP contribution in [0.5, 0.6) is 0 Å². The number of hydrazine groups is 1. The number of hydrogen-bond acceptors (Lipinski definition) is 3. The summed E-state index contributed by atoms with van der Waals surface area (Å²) in [6.45, 7) is 3.04. The molecule has 0 amide bonds. The summed E-state index contributed by atoms with van der Waals surface area (Å²) >= 11 is 0. The summed E-state index contributed by atoms with van der Waals surface area (Å²) in [4.78, 5) is 3.78. The number of nitrogens with zero attached hydrogens (tertiary/aromatic N) is 2. The lowest BCUT2D eigenvalue weighted by atomic mass is 10.3. The molecule has 0 fully saturated rings. The van der Waals surface area contributed by atoms with Crippen molar-refractivity contribution >= 4 is 5.69 Å². The zero-order valence-electron chi connectivity index (χ0n) is 10.5. The fraction of sp³-hybridized carbons (Fsp3) is 0.133. The van der Waals surface area contributed by atoms with Crippen molar-refractivity contribution in [2.45, 2.75) is 6.92 Å². The lowest BCUT2D eigenvalue weighted by Gasteiger charge is -2.19. The normalized spacial score (nSPS) is 13.6. The van der Waals surface area contributed by atoms with Gasteiger partial charge in [0.05, 0.1) is 5.69 Å². The summed E-state index contributed by atoms with van der Waals surface area (Å²) < 4.78 is 0. The van der Waals surface area contributed by atoms with Crippen molar-refractivity contribution in [1.29, 1.82) is 0 Å². The molecule has 0 radical (unpaired) electrons. The monoisotopic (exact) mass is 239 g/mol. The summed E-state index contributed by atoms with van der Waals surface area (Å²) in [5.74, 6) is 0. The Morgan fingerprint density at radius 3 is 2.11 bits per heavy atom. The average Bonchev–Trinajstić information content (AvgIpc) is 2.89. The summed E-state index contributed by atoms with van der Waals surface area (Å²) in [5, 5.41) is 2.10. The molecule has 2 heterocycles. The molecule has 18 heavy (non-hydrogen) atoms. The second kappa shape index (κ2) is 6.57. The number of benzene rings is 1. The van der Waals surface area contributed by atoms with E-state index in [1.165, 1.54) is 11.4 Å². The van der Waals surface area contributed by atoms with Crippen molar-refractivity contribution in [3.8, 4) is 0 Å². The van der Waals surface area contributed by atoms with Gasteiger partial charge in [-0.1, -0.05) is 24.3 Å². The first-order valence-electron chi connectivity index (χ1n) is 5.98. The van der Waals surface area contributed by atoms with E-state index in [2.05, 4.69) is 40.6 Å². The molecule has 3 heteroatoms. The van der Waals surface area contributed by atoms with Gasteiger partial charge in [-0.05, 0) is 37.3 Å². The molecule has 1 aromatic heterocycles. The van der Waals surface area contributed by atoms with E-state index in [4.69, 9.17) is 0 Å². The van der Waals surface area contributed by atoms with Crippen LogP contribution in [-0.2, 0) is 0 Å². The van der Waals surface area contributed by atoms with Crippen molar-refractivity contribution in [3.05, 3.63) is 72.7 Å². The third-order valence-corrected chi connectivity index (χ3v) is 2.58. The maximum atomic E-state index is 3.78. The van der Waals surface area contributed by atoms with Gasteiger partial charge in [0.2, 0.25) is 0 Å². The highest BCUT2D eigenvalue weighted by atomic mass is 15.5. The molecule has 0 saturated carbocycles. The quantitative estimate of drug-likeness (QED) is 0.829. The van der Waals surface area contributed by atoms with Crippen molar-refractivity contribution in [1.82, 2.24) is 10.4 Å². The van der Waals surface area contributed by atoms with Gasteiger partial charge in [-0.3, -0.25) is 9.99 Å². The Labute approximate surface area is 108 Å². The summed E-state index contributed by atoms with van der Waals surface area (Å²) in [6, 6.07) is 16.0. The molecule has 0 aliphatic carbocycles.